The van der Waals surface area contributed by atoms with Crippen molar-refractivity contribution in [1.29, 1.82) is 0 Å². The van der Waals surface area contributed by atoms with E-state index in [4.69, 9.17) is 9.72 Å². The largest absolute Gasteiger partial charge is 0.495 e. The number of carbonyl (C=O) groups is 1. The lowest BCUT2D eigenvalue weighted by atomic mass is 9.89. The number of aromatic nitrogens is 2. The number of nitrogens with zero attached hydrogens (tertiary/aromatic N) is 2. The van der Waals surface area contributed by atoms with E-state index in [1.54, 1.807) is 7.11 Å². The van der Waals surface area contributed by atoms with Gasteiger partial charge >= 0.3 is 0 Å². The molecule has 4 rings (SSSR count). The topological polar surface area (TPSA) is 55.6 Å². The van der Waals surface area contributed by atoms with Crippen LogP contribution in [-0.2, 0) is 17.6 Å². The highest BCUT2D eigenvalue weighted by Crippen LogP contribution is 2.30. The Morgan fingerprint density at radius 2 is 2.04 bits per heavy atom. The number of benzene rings is 1. The fourth-order valence-electron chi connectivity index (χ4n) is 3.69. The number of imidazole rings is 1. The van der Waals surface area contributed by atoms with Gasteiger partial charge in [0.15, 0.2) is 0 Å². The van der Waals surface area contributed by atoms with Gasteiger partial charge in [-0.05, 0) is 56.0 Å². The fraction of sp³-hybridized carbons (Fsp3) is 0.333. The average Bonchev–Trinajstić information content (AvgIpc) is 2.99. The molecular weight excluding hydrogens is 326 g/mol. The summed E-state index contributed by atoms with van der Waals surface area (Å²) in [6.07, 6.45) is 4.46. The summed E-state index contributed by atoms with van der Waals surface area (Å²) in [5.74, 6) is 0.668. The number of pyridine rings is 1. The number of aryl methyl sites for hydroxylation is 3. The van der Waals surface area contributed by atoms with Crippen LogP contribution < -0.4 is 10.1 Å². The second kappa shape index (κ2) is 6.48. The first-order valence-electron chi connectivity index (χ1n) is 8.97. The van der Waals surface area contributed by atoms with Gasteiger partial charge < -0.3 is 14.5 Å². The molecule has 5 nitrogen and oxygen atoms in total. The maximum absolute atomic E-state index is 12.9. The van der Waals surface area contributed by atoms with Crippen molar-refractivity contribution in [3.63, 3.8) is 0 Å². The van der Waals surface area contributed by atoms with Crippen molar-refractivity contribution in [2.75, 3.05) is 12.4 Å². The van der Waals surface area contributed by atoms with Gasteiger partial charge in [-0.15, -0.1) is 0 Å². The van der Waals surface area contributed by atoms with Crippen LogP contribution in [0, 0.1) is 19.8 Å². The van der Waals surface area contributed by atoms with Gasteiger partial charge in [0.05, 0.1) is 18.5 Å². The lowest BCUT2D eigenvalue weighted by molar-refractivity contribution is -0.120. The SMILES string of the molecule is COc1ccc(C)cc1NC(=O)C1CCc2nc3ccc(C)cn3c2C1. The highest BCUT2D eigenvalue weighted by molar-refractivity contribution is 5.94. The van der Waals surface area contributed by atoms with Gasteiger partial charge in [0.25, 0.3) is 0 Å². The van der Waals surface area contributed by atoms with Crippen molar-refractivity contribution < 1.29 is 9.53 Å². The number of ether oxygens (including phenoxy) is 1. The zero-order valence-electron chi connectivity index (χ0n) is 15.4. The summed E-state index contributed by atoms with van der Waals surface area (Å²) < 4.78 is 7.51. The average molecular weight is 349 g/mol. The Labute approximate surface area is 153 Å². The predicted molar refractivity (Wildman–Crippen MR) is 102 cm³/mol. The van der Waals surface area contributed by atoms with Gasteiger partial charge in [0.2, 0.25) is 5.91 Å². The number of fused-ring (bicyclic) bond motifs is 3. The molecule has 134 valence electrons. The molecule has 0 fully saturated rings. The monoisotopic (exact) mass is 349 g/mol. The lowest BCUT2D eigenvalue weighted by Gasteiger charge is -2.22. The molecule has 1 aromatic carbocycles. The number of methoxy groups -OCH3 is 1. The first-order valence-corrected chi connectivity index (χ1v) is 8.97. The van der Waals surface area contributed by atoms with Crippen LogP contribution in [0.3, 0.4) is 0 Å². The highest BCUT2D eigenvalue weighted by atomic mass is 16.5. The molecule has 1 aliphatic carbocycles. The molecule has 1 unspecified atom stereocenters. The number of amides is 1. The highest BCUT2D eigenvalue weighted by Gasteiger charge is 2.28. The fourth-order valence-corrected chi connectivity index (χ4v) is 3.69. The summed E-state index contributed by atoms with van der Waals surface area (Å²) in [4.78, 5) is 17.6. The van der Waals surface area contributed by atoms with Crippen molar-refractivity contribution in [3.05, 3.63) is 59.0 Å². The number of nitrogens with one attached hydrogen (secondary N) is 1. The Kier molecular flexibility index (Phi) is 4.15. The van der Waals surface area contributed by atoms with Crippen LogP contribution in [0.4, 0.5) is 5.69 Å². The summed E-state index contributed by atoms with van der Waals surface area (Å²) in [5.41, 5.74) is 6.25. The molecule has 2 aromatic heterocycles. The van der Waals surface area contributed by atoms with E-state index in [1.807, 2.05) is 31.2 Å². The molecule has 0 bridgehead atoms. The number of hydrogen-bond donors (Lipinski definition) is 1. The summed E-state index contributed by atoms with van der Waals surface area (Å²) in [5, 5.41) is 3.06. The van der Waals surface area contributed by atoms with Crippen LogP contribution in [0.5, 0.6) is 5.75 Å². The van der Waals surface area contributed by atoms with Crippen LogP contribution in [0.2, 0.25) is 0 Å². The van der Waals surface area contributed by atoms with E-state index in [9.17, 15) is 4.79 Å². The third-order valence-corrected chi connectivity index (χ3v) is 5.10. The van der Waals surface area contributed by atoms with Gasteiger partial charge in [-0.2, -0.15) is 0 Å². The molecule has 1 aliphatic rings. The molecule has 0 saturated carbocycles. The molecule has 1 amide bonds. The summed E-state index contributed by atoms with van der Waals surface area (Å²) in [7, 11) is 1.62. The molecule has 1 N–H and O–H groups in total. The molecule has 1 atom stereocenters. The minimum Gasteiger partial charge on any atom is -0.495 e. The maximum atomic E-state index is 12.9. The Hall–Kier alpha value is -2.82. The zero-order valence-corrected chi connectivity index (χ0v) is 15.4. The first kappa shape index (κ1) is 16.6. The van der Waals surface area contributed by atoms with E-state index in [0.29, 0.717) is 12.2 Å². The van der Waals surface area contributed by atoms with Crippen molar-refractivity contribution in [2.45, 2.75) is 33.1 Å². The smallest absolute Gasteiger partial charge is 0.227 e. The van der Waals surface area contributed by atoms with E-state index in [1.165, 1.54) is 5.56 Å². The van der Waals surface area contributed by atoms with E-state index in [2.05, 4.69) is 28.9 Å². The third kappa shape index (κ3) is 2.94. The van der Waals surface area contributed by atoms with Gasteiger partial charge in [-0.3, -0.25) is 4.79 Å². The first-order chi connectivity index (χ1) is 12.5. The normalized spacial score (nSPS) is 16.3. The maximum Gasteiger partial charge on any atom is 0.227 e. The second-order valence-corrected chi connectivity index (χ2v) is 7.07. The number of hydrogen-bond acceptors (Lipinski definition) is 3. The van der Waals surface area contributed by atoms with E-state index in [-0.39, 0.29) is 11.8 Å². The third-order valence-electron chi connectivity index (χ3n) is 5.10. The van der Waals surface area contributed by atoms with Crippen molar-refractivity contribution >= 4 is 17.2 Å². The number of rotatable bonds is 3. The number of anilines is 1. The van der Waals surface area contributed by atoms with Crippen LogP contribution in [0.25, 0.3) is 5.65 Å². The zero-order chi connectivity index (χ0) is 18.3. The van der Waals surface area contributed by atoms with Crippen LogP contribution >= 0.6 is 0 Å². The predicted octanol–water partition coefficient (Wildman–Crippen LogP) is 3.70. The van der Waals surface area contributed by atoms with Crippen molar-refractivity contribution in [1.82, 2.24) is 9.38 Å². The molecule has 3 aromatic rings. The summed E-state index contributed by atoms with van der Waals surface area (Å²) in [6.45, 7) is 4.07. The molecule has 26 heavy (non-hydrogen) atoms. The van der Waals surface area contributed by atoms with Gasteiger partial charge in [0.1, 0.15) is 11.4 Å². The summed E-state index contributed by atoms with van der Waals surface area (Å²) >= 11 is 0. The molecular formula is C21H23N3O2. The standard InChI is InChI=1S/C21H23N3O2/c1-13-4-8-19(26-3)17(10-13)23-21(25)15-6-7-16-18(11-15)24-12-14(2)5-9-20(24)22-16/h4-5,8-10,12,15H,6-7,11H2,1-3H3,(H,23,25). The van der Waals surface area contributed by atoms with Crippen LogP contribution in [-0.4, -0.2) is 22.4 Å². The van der Waals surface area contributed by atoms with Crippen molar-refractivity contribution in [3.8, 4) is 5.75 Å². The van der Waals surface area contributed by atoms with E-state index in [0.717, 1.165) is 41.1 Å². The Balaban J connectivity index is 1.59. The quantitative estimate of drug-likeness (QED) is 0.784. The van der Waals surface area contributed by atoms with Gasteiger partial charge in [-0.1, -0.05) is 12.1 Å². The van der Waals surface area contributed by atoms with Crippen LogP contribution in [0.1, 0.15) is 28.9 Å². The van der Waals surface area contributed by atoms with Gasteiger partial charge in [-0.25, -0.2) is 4.98 Å². The molecule has 0 spiro atoms. The molecule has 5 heteroatoms. The molecule has 0 saturated heterocycles. The minimum atomic E-state index is -0.0619. The number of carbonyl (C=O) groups excluding carboxylic acids is 1. The second-order valence-electron chi connectivity index (χ2n) is 7.07. The van der Waals surface area contributed by atoms with Gasteiger partial charge in [0, 0.05) is 24.2 Å². The van der Waals surface area contributed by atoms with Crippen LogP contribution in [0.15, 0.2) is 36.5 Å². The Morgan fingerprint density at radius 1 is 1.23 bits per heavy atom. The Morgan fingerprint density at radius 3 is 2.85 bits per heavy atom. The Bertz CT molecular complexity index is 990. The molecule has 0 radical (unpaired) electrons. The molecule has 0 aliphatic heterocycles. The van der Waals surface area contributed by atoms with E-state index >= 15 is 0 Å². The summed E-state index contributed by atoms with van der Waals surface area (Å²) in [6, 6.07) is 9.92. The van der Waals surface area contributed by atoms with E-state index < -0.39 is 0 Å². The lowest BCUT2D eigenvalue weighted by Crippen LogP contribution is -2.28. The minimum absolute atomic E-state index is 0.0437. The molecule has 2 heterocycles. The van der Waals surface area contributed by atoms with Crippen molar-refractivity contribution in [2.24, 2.45) is 5.92 Å².